The van der Waals surface area contributed by atoms with Gasteiger partial charge in [-0.1, -0.05) is 30.7 Å². The molecule has 23 heavy (non-hydrogen) atoms. The highest BCUT2D eigenvalue weighted by atomic mass is 32.2. The van der Waals surface area contributed by atoms with E-state index in [4.69, 9.17) is 4.55 Å². The fraction of sp³-hybridized carbons (Fsp3) is 0.294. The Balaban J connectivity index is 2.14. The van der Waals surface area contributed by atoms with Crippen LogP contribution in [0.4, 0.5) is 8.78 Å². The minimum Gasteiger partial charge on any atom is -0.286 e. The molecule has 0 unspecified atom stereocenters. The fourth-order valence-corrected chi connectivity index (χ4v) is 3.12. The Bertz CT molecular complexity index is 680. The van der Waals surface area contributed by atoms with Crippen LogP contribution in [-0.2, 0) is 10.1 Å². The largest absolute Gasteiger partial charge is 0.286 e. The molecule has 0 aliphatic carbocycles. The molecule has 0 radical (unpaired) electrons. The maximum Gasteiger partial charge on any atom is 0.264 e. The molecule has 124 valence electrons. The Labute approximate surface area is 134 Å². The Kier molecular flexibility index (Phi) is 5.85. The number of rotatable bonds is 7. The zero-order chi connectivity index (χ0) is 16.9. The van der Waals surface area contributed by atoms with Crippen LogP contribution in [0.25, 0.3) is 0 Å². The van der Waals surface area contributed by atoms with E-state index in [1.165, 1.54) is 24.3 Å². The van der Waals surface area contributed by atoms with Gasteiger partial charge in [0.15, 0.2) is 0 Å². The van der Waals surface area contributed by atoms with Crippen LogP contribution in [0.5, 0.6) is 0 Å². The first-order valence-corrected chi connectivity index (χ1v) is 8.92. The van der Waals surface area contributed by atoms with Crippen molar-refractivity contribution in [2.24, 2.45) is 0 Å². The summed E-state index contributed by atoms with van der Waals surface area (Å²) in [5.41, 5.74) is 1.76. The lowest BCUT2D eigenvalue weighted by Gasteiger charge is -2.18. The van der Waals surface area contributed by atoms with Gasteiger partial charge >= 0.3 is 0 Å². The van der Waals surface area contributed by atoms with E-state index in [-0.39, 0.29) is 23.3 Å². The van der Waals surface area contributed by atoms with Crippen LogP contribution in [0, 0.1) is 11.6 Å². The number of hydrogen-bond acceptors (Lipinski definition) is 2. The lowest BCUT2D eigenvalue weighted by atomic mass is 9.87. The van der Waals surface area contributed by atoms with E-state index >= 15 is 0 Å². The highest BCUT2D eigenvalue weighted by molar-refractivity contribution is 7.85. The van der Waals surface area contributed by atoms with Crippen molar-refractivity contribution < 1.29 is 21.8 Å². The predicted octanol–water partition coefficient (Wildman–Crippen LogP) is 4.15. The maximum atomic E-state index is 13.1. The minimum atomic E-state index is -3.96. The van der Waals surface area contributed by atoms with Crippen LogP contribution in [0.3, 0.4) is 0 Å². The molecule has 2 aromatic carbocycles. The van der Waals surface area contributed by atoms with Crippen molar-refractivity contribution in [1.29, 1.82) is 0 Å². The molecule has 0 heterocycles. The third kappa shape index (κ3) is 5.73. The van der Waals surface area contributed by atoms with Crippen LogP contribution in [0.1, 0.15) is 36.3 Å². The highest BCUT2D eigenvalue weighted by Gasteiger charge is 2.15. The Morgan fingerprint density at radius 3 is 1.65 bits per heavy atom. The summed E-state index contributed by atoms with van der Waals surface area (Å²) in [6.45, 7) is 0. The average molecular weight is 340 g/mol. The second kappa shape index (κ2) is 7.66. The maximum absolute atomic E-state index is 13.1. The molecule has 0 saturated carbocycles. The molecule has 2 rings (SSSR count). The zero-order valence-corrected chi connectivity index (χ0v) is 13.3. The van der Waals surface area contributed by atoms with Gasteiger partial charge in [0.1, 0.15) is 11.6 Å². The molecule has 1 N–H and O–H groups in total. The van der Waals surface area contributed by atoms with Gasteiger partial charge in [-0.15, -0.1) is 0 Å². The summed E-state index contributed by atoms with van der Waals surface area (Å²) in [5, 5.41) is 0. The summed E-state index contributed by atoms with van der Waals surface area (Å²) in [4.78, 5) is 0. The van der Waals surface area contributed by atoms with E-state index in [9.17, 15) is 17.2 Å². The molecule has 0 amide bonds. The molecular weight excluding hydrogens is 322 g/mol. The Morgan fingerprint density at radius 1 is 0.826 bits per heavy atom. The van der Waals surface area contributed by atoms with Crippen molar-refractivity contribution >= 4 is 10.1 Å². The van der Waals surface area contributed by atoms with Gasteiger partial charge in [0.2, 0.25) is 0 Å². The summed E-state index contributed by atoms with van der Waals surface area (Å²) in [6.07, 6.45) is 1.52. The quantitative estimate of drug-likeness (QED) is 0.608. The molecule has 3 nitrogen and oxygen atoms in total. The van der Waals surface area contributed by atoms with Gasteiger partial charge in [-0.2, -0.15) is 8.42 Å². The van der Waals surface area contributed by atoms with Crippen LogP contribution in [-0.4, -0.2) is 18.7 Å². The minimum absolute atomic E-state index is 0.0856. The molecule has 0 bridgehead atoms. The summed E-state index contributed by atoms with van der Waals surface area (Å²) in [7, 11) is -3.96. The standard InChI is InChI=1S/C17H18F2O3S/c18-15-8-4-13(5-9-15)17(3-1-2-12-23(20,21)22)14-6-10-16(19)11-7-14/h4-11,17H,1-3,12H2,(H,20,21,22). The molecule has 0 aliphatic heterocycles. The number of halogens is 2. The fourth-order valence-electron chi connectivity index (χ4n) is 2.55. The van der Waals surface area contributed by atoms with Gasteiger partial charge in [-0.25, -0.2) is 8.78 Å². The highest BCUT2D eigenvalue weighted by Crippen LogP contribution is 2.30. The number of unbranched alkanes of at least 4 members (excludes halogenated alkanes) is 1. The molecule has 0 aromatic heterocycles. The van der Waals surface area contributed by atoms with E-state index < -0.39 is 10.1 Å². The molecule has 0 aliphatic rings. The predicted molar refractivity (Wildman–Crippen MR) is 84.9 cm³/mol. The molecule has 2 aromatic rings. The Hall–Kier alpha value is -1.79. The van der Waals surface area contributed by atoms with Gasteiger partial charge < -0.3 is 0 Å². The van der Waals surface area contributed by atoms with E-state index in [1.54, 1.807) is 24.3 Å². The summed E-state index contributed by atoms with van der Waals surface area (Å²) in [5.74, 6) is -1.04. The first kappa shape index (κ1) is 17.6. The van der Waals surface area contributed by atoms with Crippen LogP contribution < -0.4 is 0 Å². The molecule has 6 heteroatoms. The van der Waals surface area contributed by atoms with Crippen LogP contribution >= 0.6 is 0 Å². The van der Waals surface area contributed by atoms with E-state index in [1.807, 2.05) is 0 Å². The van der Waals surface area contributed by atoms with Gasteiger partial charge in [0.05, 0.1) is 5.75 Å². The molecule has 0 spiro atoms. The average Bonchev–Trinajstić information content (AvgIpc) is 2.49. The van der Waals surface area contributed by atoms with Crippen molar-refractivity contribution in [2.45, 2.75) is 25.2 Å². The van der Waals surface area contributed by atoms with Crippen molar-refractivity contribution in [1.82, 2.24) is 0 Å². The lowest BCUT2D eigenvalue weighted by molar-refractivity contribution is 0.478. The Morgan fingerprint density at radius 2 is 1.26 bits per heavy atom. The lowest BCUT2D eigenvalue weighted by Crippen LogP contribution is -2.06. The van der Waals surface area contributed by atoms with Gasteiger partial charge in [-0.3, -0.25) is 4.55 Å². The van der Waals surface area contributed by atoms with Gasteiger partial charge in [0.25, 0.3) is 10.1 Å². The van der Waals surface area contributed by atoms with Gasteiger partial charge in [0, 0.05) is 5.92 Å². The second-order valence-electron chi connectivity index (χ2n) is 5.44. The van der Waals surface area contributed by atoms with Gasteiger partial charge in [-0.05, 0) is 48.2 Å². The smallest absolute Gasteiger partial charge is 0.264 e. The van der Waals surface area contributed by atoms with Crippen LogP contribution in [0.15, 0.2) is 48.5 Å². The summed E-state index contributed by atoms with van der Waals surface area (Å²) >= 11 is 0. The topological polar surface area (TPSA) is 54.4 Å². The zero-order valence-electron chi connectivity index (χ0n) is 12.5. The first-order valence-electron chi connectivity index (χ1n) is 7.31. The third-order valence-corrected chi connectivity index (χ3v) is 4.49. The van der Waals surface area contributed by atoms with Crippen molar-refractivity contribution in [3.63, 3.8) is 0 Å². The van der Waals surface area contributed by atoms with E-state index in [2.05, 4.69) is 0 Å². The molecule has 0 fully saturated rings. The molecule has 0 saturated heterocycles. The molecular formula is C17H18F2O3S. The van der Waals surface area contributed by atoms with Crippen molar-refractivity contribution in [2.75, 3.05) is 5.75 Å². The summed E-state index contributed by atoms with van der Waals surface area (Å²) < 4.78 is 56.5. The molecule has 0 atom stereocenters. The number of benzene rings is 2. The van der Waals surface area contributed by atoms with Crippen molar-refractivity contribution in [3.05, 3.63) is 71.3 Å². The van der Waals surface area contributed by atoms with Crippen LogP contribution in [0.2, 0.25) is 0 Å². The number of hydrogen-bond donors (Lipinski definition) is 1. The normalized spacial score (nSPS) is 11.8. The third-order valence-electron chi connectivity index (χ3n) is 3.69. The van der Waals surface area contributed by atoms with E-state index in [0.717, 1.165) is 11.1 Å². The van der Waals surface area contributed by atoms with E-state index in [0.29, 0.717) is 19.3 Å². The monoisotopic (exact) mass is 340 g/mol. The second-order valence-corrected chi connectivity index (χ2v) is 7.01. The summed E-state index contributed by atoms with van der Waals surface area (Å²) in [6, 6.07) is 12.2. The SMILES string of the molecule is O=S(=O)(O)CCCCC(c1ccc(F)cc1)c1ccc(F)cc1. The first-order chi connectivity index (χ1) is 10.8. The van der Waals surface area contributed by atoms with Crippen molar-refractivity contribution in [3.8, 4) is 0 Å².